The molecule has 2 rings (SSSR count). The topological polar surface area (TPSA) is 73.6 Å². The van der Waals surface area contributed by atoms with Gasteiger partial charge >= 0.3 is 6.03 Å². The molecular formula is C17H25N5O2. The number of hydrogen-bond donors (Lipinski definition) is 2. The van der Waals surface area contributed by atoms with E-state index in [-0.39, 0.29) is 11.8 Å². The number of likely N-dealkylation sites (N-methyl/N-ethyl adjacent to an activating group) is 1. The van der Waals surface area contributed by atoms with Crippen LogP contribution in [0.3, 0.4) is 0 Å². The molecule has 0 aliphatic rings. The van der Waals surface area contributed by atoms with Crippen molar-refractivity contribution in [1.29, 1.82) is 0 Å². The van der Waals surface area contributed by atoms with E-state index in [0.717, 1.165) is 18.7 Å². The highest BCUT2D eigenvalue weighted by Crippen LogP contribution is 2.14. The summed E-state index contributed by atoms with van der Waals surface area (Å²) in [6, 6.07) is 6.77. The molecule has 0 saturated heterocycles. The lowest BCUT2D eigenvalue weighted by Gasteiger charge is -2.24. The highest BCUT2D eigenvalue weighted by Gasteiger charge is 2.15. The predicted molar refractivity (Wildman–Crippen MR) is 94.0 cm³/mol. The number of aromatic nitrogens is 2. The number of aryl methyl sites for hydroxylation is 1. The minimum atomic E-state index is -0.184. The van der Waals surface area contributed by atoms with Gasteiger partial charge in [-0.2, -0.15) is 5.10 Å². The van der Waals surface area contributed by atoms with Crippen molar-refractivity contribution in [3.63, 3.8) is 0 Å². The molecule has 1 aromatic carbocycles. The van der Waals surface area contributed by atoms with Crippen molar-refractivity contribution in [3.05, 3.63) is 42.2 Å². The Kier molecular flexibility index (Phi) is 6.20. The van der Waals surface area contributed by atoms with Crippen molar-refractivity contribution in [1.82, 2.24) is 19.6 Å². The third kappa shape index (κ3) is 5.27. The summed E-state index contributed by atoms with van der Waals surface area (Å²) < 4.78 is 1.76. The Balaban J connectivity index is 2.07. The molecule has 0 fully saturated rings. The molecule has 7 heteroatoms. The highest BCUT2D eigenvalue weighted by atomic mass is 16.3. The number of aromatic hydroxyl groups is 1. The molecule has 2 amide bonds. The van der Waals surface area contributed by atoms with Gasteiger partial charge in [-0.15, -0.1) is 0 Å². The number of phenolic OH excluding ortho intramolecular Hbond substituents is 1. The van der Waals surface area contributed by atoms with Crippen molar-refractivity contribution in [2.24, 2.45) is 0 Å². The lowest BCUT2D eigenvalue weighted by atomic mass is 10.2. The maximum atomic E-state index is 12.6. The molecule has 130 valence electrons. The molecule has 0 bridgehead atoms. The quantitative estimate of drug-likeness (QED) is 0.816. The molecule has 1 aromatic heterocycles. The summed E-state index contributed by atoms with van der Waals surface area (Å²) in [7, 11) is 3.94. The van der Waals surface area contributed by atoms with E-state index in [1.807, 2.05) is 32.0 Å². The van der Waals surface area contributed by atoms with Crippen molar-refractivity contribution < 1.29 is 9.90 Å². The fraction of sp³-hybridized carbons (Fsp3) is 0.412. The van der Waals surface area contributed by atoms with Gasteiger partial charge in [0.15, 0.2) is 0 Å². The van der Waals surface area contributed by atoms with Gasteiger partial charge in [0.25, 0.3) is 0 Å². The van der Waals surface area contributed by atoms with Crippen LogP contribution in [-0.4, -0.2) is 57.9 Å². The molecule has 7 nitrogen and oxygen atoms in total. The van der Waals surface area contributed by atoms with Gasteiger partial charge in [-0.1, -0.05) is 12.1 Å². The van der Waals surface area contributed by atoms with E-state index in [4.69, 9.17) is 0 Å². The van der Waals surface area contributed by atoms with Gasteiger partial charge in [0.05, 0.1) is 11.9 Å². The van der Waals surface area contributed by atoms with Crippen LogP contribution < -0.4 is 5.32 Å². The standard InChI is InChI=1S/C17H25N5O2/c1-4-22-13-15(11-18-22)19-17(24)21(9-8-20(2)3)12-14-6-5-7-16(23)10-14/h5-7,10-11,13,23H,4,8-9,12H2,1-3H3,(H,19,24). The summed E-state index contributed by atoms with van der Waals surface area (Å²) in [5.74, 6) is 0.199. The summed E-state index contributed by atoms with van der Waals surface area (Å²) >= 11 is 0. The number of nitrogens with one attached hydrogen (secondary N) is 1. The second-order valence-corrected chi connectivity index (χ2v) is 5.91. The minimum Gasteiger partial charge on any atom is -0.508 e. The number of amides is 2. The van der Waals surface area contributed by atoms with E-state index in [0.29, 0.717) is 18.8 Å². The van der Waals surface area contributed by atoms with Crippen molar-refractivity contribution in [2.45, 2.75) is 20.0 Å². The first-order valence-electron chi connectivity index (χ1n) is 7.99. The number of anilines is 1. The molecule has 0 spiro atoms. The largest absolute Gasteiger partial charge is 0.508 e. The Morgan fingerprint density at radius 2 is 2.12 bits per heavy atom. The van der Waals surface area contributed by atoms with Gasteiger partial charge < -0.3 is 20.2 Å². The van der Waals surface area contributed by atoms with Crippen LogP contribution in [0.5, 0.6) is 5.75 Å². The number of carbonyl (C=O) groups is 1. The molecular weight excluding hydrogens is 306 g/mol. The molecule has 0 aliphatic carbocycles. The van der Waals surface area contributed by atoms with Gasteiger partial charge in [0.1, 0.15) is 5.75 Å². The lowest BCUT2D eigenvalue weighted by Crippen LogP contribution is -2.38. The van der Waals surface area contributed by atoms with Crippen LogP contribution in [-0.2, 0) is 13.1 Å². The molecule has 2 aromatic rings. The zero-order valence-electron chi connectivity index (χ0n) is 14.4. The summed E-state index contributed by atoms with van der Waals surface area (Å²) in [5.41, 5.74) is 1.56. The average molecular weight is 331 g/mol. The second kappa shape index (κ2) is 8.35. The molecule has 1 heterocycles. The first-order chi connectivity index (χ1) is 11.5. The Hall–Kier alpha value is -2.54. The van der Waals surface area contributed by atoms with E-state index in [9.17, 15) is 9.90 Å². The number of benzene rings is 1. The Labute approximate surface area is 142 Å². The van der Waals surface area contributed by atoms with E-state index in [2.05, 4.69) is 10.4 Å². The highest BCUT2D eigenvalue weighted by molar-refractivity contribution is 5.89. The molecule has 24 heavy (non-hydrogen) atoms. The average Bonchev–Trinajstić information content (AvgIpc) is 2.98. The van der Waals surface area contributed by atoms with Gasteiger partial charge in [-0.25, -0.2) is 4.79 Å². The number of rotatable bonds is 7. The van der Waals surface area contributed by atoms with Crippen LogP contribution in [0.15, 0.2) is 36.7 Å². The van der Waals surface area contributed by atoms with E-state index < -0.39 is 0 Å². The summed E-state index contributed by atoms with van der Waals surface area (Å²) in [6.07, 6.45) is 3.44. The molecule has 0 aliphatic heterocycles. The fourth-order valence-electron chi connectivity index (χ4n) is 2.25. The summed E-state index contributed by atoms with van der Waals surface area (Å²) in [4.78, 5) is 16.4. The number of urea groups is 1. The van der Waals surface area contributed by atoms with Gasteiger partial charge in [-0.3, -0.25) is 4.68 Å². The molecule has 2 N–H and O–H groups in total. The number of hydrogen-bond acceptors (Lipinski definition) is 4. The van der Waals surface area contributed by atoms with Crippen LogP contribution in [0.25, 0.3) is 0 Å². The summed E-state index contributed by atoms with van der Waals surface area (Å²) in [5, 5.41) is 16.6. The van der Waals surface area contributed by atoms with Crippen LogP contribution in [0.1, 0.15) is 12.5 Å². The Bertz CT molecular complexity index is 669. The molecule has 0 atom stereocenters. The smallest absolute Gasteiger partial charge is 0.322 e. The monoisotopic (exact) mass is 331 g/mol. The number of nitrogens with zero attached hydrogens (tertiary/aromatic N) is 4. The fourth-order valence-corrected chi connectivity index (χ4v) is 2.25. The zero-order valence-corrected chi connectivity index (χ0v) is 14.4. The lowest BCUT2D eigenvalue weighted by molar-refractivity contribution is 0.202. The molecule has 0 unspecified atom stereocenters. The zero-order chi connectivity index (χ0) is 17.5. The second-order valence-electron chi connectivity index (χ2n) is 5.91. The van der Waals surface area contributed by atoms with Crippen LogP contribution in [0, 0.1) is 0 Å². The van der Waals surface area contributed by atoms with E-state index >= 15 is 0 Å². The number of phenols is 1. The maximum absolute atomic E-state index is 12.6. The predicted octanol–water partition coefficient (Wildman–Crippen LogP) is 2.20. The van der Waals surface area contributed by atoms with Gasteiger partial charge in [0.2, 0.25) is 0 Å². The minimum absolute atomic E-state index is 0.184. The number of carbonyl (C=O) groups excluding carboxylic acids is 1. The van der Waals surface area contributed by atoms with E-state index in [1.54, 1.807) is 40.2 Å². The van der Waals surface area contributed by atoms with Crippen LogP contribution in [0.2, 0.25) is 0 Å². The normalized spacial score (nSPS) is 10.8. The third-order valence-electron chi connectivity index (χ3n) is 3.60. The maximum Gasteiger partial charge on any atom is 0.322 e. The van der Waals surface area contributed by atoms with Crippen LogP contribution in [0.4, 0.5) is 10.5 Å². The molecule has 0 radical (unpaired) electrons. The third-order valence-corrected chi connectivity index (χ3v) is 3.60. The first kappa shape index (κ1) is 17.8. The summed E-state index contributed by atoms with van der Waals surface area (Å²) in [6.45, 7) is 4.50. The molecule has 0 saturated carbocycles. The van der Waals surface area contributed by atoms with Crippen molar-refractivity contribution >= 4 is 11.7 Å². The Morgan fingerprint density at radius 3 is 2.75 bits per heavy atom. The van der Waals surface area contributed by atoms with E-state index in [1.165, 1.54) is 0 Å². The van der Waals surface area contributed by atoms with Crippen LogP contribution >= 0.6 is 0 Å². The van der Waals surface area contributed by atoms with Gasteiger partial charge in [0, 0.05) is 32.4 Å². The van der Waals surface area contributed by atoms with Crippen molar-refractivity contribution in [3.8, 4) is 5.75 Å². The first-order valence-corrected chi connectivity index (χ1v) is 7.99. The SMILES string of the molecule is CCn1cc(NC(=O)N(CCN(C)C)Cc2cccc(O)c2)cn1. The van der Waals surface area contributed by atoms with Gasteiger partial charge in [-0.05, 0) is 38.7 Å². The van der Waals surface area contributed by atoms with Crippen molar-refractivity contribution in [2.75, 3.05) is 32.5 Å². The Morgan fingerprint density at radius 1 is 1.33 bits per heavy atom.